The van der Waals surface area contributed by atoms with Gasteiger partial charge in [-0.05, 0) is 48.4 Å². The van der Waals surface area contributed by atoms with E-state index in [2.05, 4.69) is 10.3 Å². The van der Waals surface area contributed by atoms with Gasteiger partial charge < -0.3 is 5.32 Å². The Kier molecular flexibility index (Phi) is 4.94. The highest BCUT2D eigenvalue weighted by Crippen LogP contribution is 2.30. The van der Waals surface area contributed by atoms with Gasteiger partial charge in [-0.15, -0.1) is 11.3 Å². The van der Waals surface area contributed by atoms with E-state index < -0.39 is 5.91 Å². The second-order valence-corrected chi connectivity index (χ2v) is 7.40. The van der Waals surface area contributed by atoms with Crippen molar-refractivity contribution >= 4 is 33.1 Å². The van der Waals surface area contributed by atoms with Crippen molar-refractivity contribution in [3.05, 3.63) is 81.7 Å². The number of amides is 1. The van der Waals surface area contributed by atoms with Crippen molar-refractivity contribution in [3.63, 3.8) is 0 Å². The Bertz CT molecular complexity index is 1280. The molecular weight excluding hydrogens is 396 g/mol. The highest BCUT2D eigenvalue weighted by atomic mass is 32.1. The number of hydrogen-bond donors (Lipinski definition) is 1. The van der Waals surface area contributed by atoms with Crippen LogP contribution in [0.5, 0.6) is 0 Å². The Morgan fingerprint density at radius 1 is 1.14 bits per heavy atom. The Hall–Kier alpha value is -3.39. The fourth-order valence-corrected chi connectivity index (χ4v) is 3.98. The van der Waals surface area contributed by atoms with Gasteiger partial charge in [0, 0.05) is 16.6 Å². The molecule has 1 amide bonds. The van der Waals surface area contributed by atoms with Gasteiger partial charge >= 0.3 is 0 Å². The van der Waals surface area contributed by atoms with Gasteiger partial charge in [0.1, 0.15) is 22.9 Å². The maximum atomic E-state index is 13.2. The summed E-state index contributed by atoms with van der Waals surface area (Å²) in [5.41, 5.74) is 2.74. The molecule has 2 aromatic carbocycles. The molecule has 0 bridgehead atoms. The molecule has 1 N–H and O–H groups in total. The number of anilines is 1. The van der Waals surface area contributed by atoms with Gasteiger partial charge in [0.25, 0.3) is 5.56 Å². The van der Waals surface area contributed by atoms with Gasteiger partial charge in [-0.1, -0.05) is 12.1 Å². The molecule has 0 spiro atoms. The minimum Gasteiger partial charge on any atom is -0.324 e. The van der Waals surface area contributed by atoms with Crippen LogP contribution in [0.15, 0.2) is 59.0 Å². The molecule has 146 valence electrons. The van der Waals surface area contributed by atoms with E-state index in [9.17, 15) is 18.4 Å². The number of halogens is 2. The van der Waals surface area contributed by atoms with Crippen LogP contribution in [0.25, 0.3) is 21.3 Å². The Morgan fingerprint density at radius 2 is 1.86 bits per heavy atom. The first kappa shape index (κ1) is 18.9. The van der Waals surface area contributed by atoms with Crippen LogP contribution in [0, 0.1) is 18.6 Å². The van der Waals surface area contributed by atoms with E-state index in [0.29, 0.717) is 21.5 Å². The standard InChI is InChI=1S/C21H15F2N3O2S/c1-12-8-15(23)6-7-17(12)25-18(27)9-26-11-24-19-16(10-29-20(19)21(26)28)13-2-4-14(22)5-3-13/h2-8,10-11H,9H2,1H3,(H,25,27). The van der Waals surface area contributed by atoms with Crippen LogP contribution < -0.4 is 10.9 Å². The third kappa shape index (κ3) is 3.79. The van der Waals surface area contributed by atoms with Crippen molar-refractivity contribution < 1.29 is 13.6 Å². The molecule has 0 aliphatic heterocycles. The van der Waals surface area contributed by atoms with Crippen LogP contribution >= 0.6 is 11.3 Å². The molecule has 2 heterocycles. The van der Waals surface area contributed by atoms with E-state index in [0.717, 1.165) is 11.1 Å². The van der Waals surface area contributed by atoms with Crippen LogP contribution in [0.2, 0.25) is 0 Å². The van der Waals surface area contributed by atoms with Crippen molar-refractivity contribution in [2.45, 2.75) is 13.5 Å². The van der Waals surface area contributed by atoms with Gasteiger partial charge in [-0.3, -0.25) is 14.2 Å². The predicted molar refractivity (Wildman–Crippen MR) is 109 cm³/mol. The van der Waals surface area contributed by atoms with E-state index in [1.807, 2.05) is 0 Å². The highest BCUT2D eigenvalue weighted by Gasteiger charge is 2.14. The first-order valence-corrected chi connectivity index (χ1v) is 9.59. The van der Waals surface area contributed by atoms with Crippen LogP contribution in [-0.4, -0.2) is 15.5 Å². The van der Waals surface area contributed by atoms with Crippen LogP contribution in [0.1, 0.15) is 5.56 Å². The largest absolute Gasteiger partial charge is 0.324 e. The smallest absolute Gasteiger partial charge is 0.271 e. The molecule has 0 saturated heterocycles. The maximum absolute atomic E-state index is 13.2. The quantitative estimate of drug-likeness (QED) is 0.543. The molecule has 4 aromatic rings. The number of nitrogens with zero attached hydrogens (tertiary/aromatic N) is 2. The van der Waals surface area contributed by atoms with Crippen molar-refractivity contribution in [3.8, 4) is 11.1 Å². The average Bonchev–Trinajstić information content (AvgIpc) is 3.12. The normalized spacial score (nSPS) is 11.0. The number of nitrogens with one attached hydrogen (secondary N) is 1. The van der Waals surface area contributed by atoms with E-state index in [1.165, 1.54) is 52.6 Å². The fraction of sp³-hybridized carbons (Fsp3) is 0.0952. The summed E-state index contributed by atoms with van der Waals surface area (Å²) in [6.07, 6.45) is 1.32. The first-order valence-electron chi connectivity index (χ1n) is 8.71. The van der Waals surface area contributed by atoms with Gasteiger partial charge in [0.15, 0.2) is 0 Å². The molecule has 2 aromatic heterocycles. The summed E-state index contributed by atoms with van der Waals surface area (Å²) < 4.78 is 28.0. The molecule has 0 fully saturated rings. The lowest BCUT2D eigenvalue weighted by molar-refractivity contribution is -0.116. The lowest BCUT2D eigenvalue weighted by Gasteiger charge is -2.09. The second-order valence-electron chi connectivity index (χ2n) is 6.52. The summed E-state index contributed by atoms with van der Waals surface area (Å²) in [5, 5.41) is 4.46. The molecule has 5 nitrogen and oxygen atoms in total. The summed E-state index contributed by atoms with van der Waals surface area (Å²) >= 11 is 1.23. The molecule has 8 heteroatoms. The topological polar surface area (TPSA) is 64.0 Å². The zero-order valence-corrected chi connectivity index (χ0v) is 16.1. The third-order valence-electron chi connectivity index (χ3n) is 4.48. The van der Waals surface area contributed by atoms with E-state index >= 15 is 0 Å². The SMILES string of the molecule is Cc1cc(F)ccc1NC(=O)Cn1cnc2c(-c3ccc(F)cc3)csc2c1=O. The lowest BCUT2D eigenvalue weighted by atomic mass is 10.1. The van der Waals surface area contributed by atoms with Gasteiger partial charge in [0.2, 0.25) is 5.91 Å². The van der Waals surface area contributed by atoms with Gasteiger partial charge in [0.05, 0.1) is 11.8 Å². The summed E-state index contributed by atoms with van der Waals surface area (Å²) in [6.45, 7) is 1.46. The summed E-state index contributed by atoms with van der Waals surface area (Å²) in [6, 6.07) is 10.00. The lowest BCUT2D eigenvalue weighted by Crippen LogP contribution is -2.27. The maximum Gasteiger partial charge on any atom is 0.271 e. The molecule has 0 unspecified atom stereocenters. The van der Waals surface area contributed by atoms with Gasteiger partial charge in [-0.25, -0.2) is 13.8 Å². The molecule has 0 aliphatic carbocycles. The fourth-order valence-electron chi connectivity index (χ4n) is 3.00. The number of aryl methyl sites for hydroxylation is 1. The first-order chi connectivity index (χ1) is 13.9. The predicted octanol–water partition coefficient (Wildman–Crippen LogP) is 4.35. The number of hydrogen-bond acceptors (Lipinski definition) is 4. The number of thiophene rings is 1. The number of rotatable bonds is 4. The molecule has 0 radical (unpaired) electrons. The average molecular weight is 411 g/mol. The number of carbonyl (C=O) groups excluding carboxylic acids is 1. The Morgan fingerprint density at radius 3 is 2.59 bits per heavy atom. The van der Waals surface area contributed by atoms with E-state index in [-0.39, 0.29) is 23.7 Å². The molecule has 0 atom stereocenters. The molecule has 4 rings (SSSR count). The summed E-state index contributed by atoms with van der Waals surface area (Å²) in [7, 11) is 0. The molecule has 29 heavy (non-hydrogen) atoms. The molecular formula is C21H15F2N3O2S. The Balaban J connectivity index is 1.60. The minimum absolute atomic E-state index is 0.220. The second kappa shape index (κ2) is 7.56. The third-order valence-corrected chi connectivity index (χ3v) is 5.44. The highest BCUT2D eigenvalue weighted by molar-refractivity contribution is 7.17. The monoisotopic (exact) mass is 411 g/mol. The Labute approximate surface area is 168 Å². The zero-order valence-electron chi connectivity index (χ0n) is 15.3. The van der Waals surface area contributed by atoms with Crippen LogP contribution in [0.4, 0.5) is 14.5 Å². The minimum atomic E-state index is -0.418. The summed E-state index contributed by atoms with van der Waals surface area (Å²) in [5.74, 6) is -1.15. The zero-order chi connectivity index (χ0) is 20.5. The van der Waals surface area contributed by atoms with Crippen molar-refractivity contribution in [2.75, 3.05) is 5.32 Å². The molecule has 0 saturated carbocycles. The van der Waals surface area contributed by atoms with Crippen molar-refractivity contribution in [1.82, 2.24) is 9.55 Å². The van der Waals surface area contributed by atoms with Crippen LogP contribution in [-0.2, 0) is 11.3 Å². The number of carbonyl (C=O) groups is 1. The van der Waals surface area contributed by atoms with Crippen molar-refractivity contribution in [1.29, 1.82) is 0 Å². The summed E-state index contributed by atoms with van der Waals surface area (Å²) in [4.78, 5) is 29.5. The van der Waals surface area contributed by atoms with Crippen LogP contribution in [0.3, 0.4) is 0 Å². The number of fused-ring (bicyclic) bond motifs is 1. The van der Waals surface area contributed by atoms with E-state index in [1.54, 1.807) is 24.4 Å². The molecule has 0 aliphatic rings. The van der Waals surface area contributed by atoms with Gasteiger partial charge in [-0.2, -0.15) is 0 Å². The number of aromatic nitrogens is 2. The van der Waals surface area contributed by atoms with Crippen molar-refractivity contribution in [2.24, 2.45) is 0 Å². The van der Waals surface area contributed by atoms with E-state index in [4.69, 9.17) is 0 Å². The number of benzene rings is 2.